The molecule has 210 valence electrons. The van der Waals surface area contributed by atoms with E-state index in [9.17, 15) is 23.6 Å². The van der Waals surface area contributed by atoms with Gasteiger partial charge in [-0.05, 0) is 56.4 Å². The quantitative estimate of drug-likeness (QED) is 0.379. The van der Waals surface area contributed by atoms with Crippen LogP contribution in [0.25, 0.3) is 10.9 Å². The zero-order valence-corrected chi connectivity index (χ0v) is 22.6. The molecule has 40 heavy (non-hydrogen) atoms. The van der Waals surface area contributed by atoms with E-state index in [4.69, 9.17) is 11.6 Å². The lowest BCUT2D eigenvalue weighted by molar-refractivity contribution is -0.137. The lowest BCUT2D eigenvalue weighted by atomic mass is 10.1. The van der Waals surface area contributed by atoms with Gasteiger partial charge in [-0.15, -0.1) is 0 Å². The van der Waals surface area contributed by atoms with Gasteiger partial charge in [0.2, 0.25) is 11.8 Å². The topological polar surface area (TPSA) is 117 Å². The summed E-state index contributed by atoms with van der Waals surface area (Å²) in [7, 11) is 0. The molecule has 1 aromatic heterocycles. The Morgan fingerprint density at radius 1 is 1.12 bits per heavy atom. The molecule has 1 saturated heterocycles. The van der Waals surface area contributed by atoms with Crippen molar-refractivity contribution in [2.24, 2.45) is 0 Å². The maximum atomic E-state index is 14.1. The number of hydrogen-bond donors (Lipinski definition) is 2. The van der Waals surface area contributed by atoms with Gasteiger partial charge in [0.15, 0.2) is 6.29 Å². The first-order valence-electron chi connectivity index (χ1n) is 13.3. The molecule has 2 aliphatic rings. The fraction of sp³-hybridized carbons (Fsp3) is 0.393. The van der Waals surface area contributed by atoms with E-state index in [2.05, 4.69) is 15.7 Å². The third-order valence-electron chi connectivity index (χ3n) is 7.20. The average Bonchev–Trinajstić information content (AvgIpc) is 3.75. The molecule has 0 radical (unpaired) electrons. The summed E-state index contributed by atoms with van der Waals surface area (Å²) >= 11 is 5.81. The summed E-state index contributed by atoms with van der Waals surface area (Å²) in [4.78, 5) is 53.6. The van der Waals surface area contributed by atoms with E-state index in [1.807, 2.05) is 0 Å². The Kier molecular flexibility index (Phi) is 8.29. The van der Waals surface area contributed by atoms with E-state index < -0.39 is 11.7 Å². The lowest BCUT2D eigenvalue weighted by Crippen LogP contribution is -2.43. The number of aldehydes is 1. The number of amides is 4. The van der Waals surface area contributed by atoms with E-state index in [1.165, 1.54) is 21.7 Å². The van der Waals surface area contributed by atoms with Crippen molar-refractivity contribution in [3.8, 4) is 0 Å². The highest BCUT2D eigenvalue weighted by molar-refractivity contribution is 6.30. The molecule has 3 aromatic rings. The van der Waals surface area contributed by atoms with Crippen LogP contribution in [0.2, 0.25) is 5.02 Å². The molecule has 1 aliphatic heterocycles. The van der Waals surface area contributed by atoms with Crippen LogP contribution in [0.15, 0.2) is 36.4 Å². The van der Waals surface area contributed by atoms with Crippen LogP contribution in [0.5, 0.6) is 0 Å². The van der Waals surface area contributed by atoms with Gasteiger partial charge in [0.05, 0.1) is 17.1 Å². The summed E-state index contributed by atoms with van der Waals surface area (Å²) < 4.78 is 15.6. The number of rotatable bonds is 9. The number of nitrogens with zero attached hydrogens (tertiary/aromatic N) is 4. The first-order chi connectivity index (χ1) is 19.3. The van der Waals surface area contributed by atoms with Crippen molar-refractivity contribution < 1.29 is 23.6 Å². The standard InChI is InChI=1S/C28H30ClFN6O4/c29-22-6-4-5-18(27(22)30)14-31-25(38)15-35(20-8-9-20)26(39)16-36-24-10-7-19(13-21(24)23(17-37)33-36)32-28(40)34-11-2-1-3-12-34/h4-7,10,13,17,20H,1-3,8-9,11-12,14-16H2,(H,31,38)(H,32,40). The molecule has 0 atom stereocenters. The summed E-state index contributed by atoms with van der Waals surface area (Å²) in [6.07, 6.45) is 5.23. The Morgan fingerprint density at radius 2 is 1.90 bits per heavy atom. The summed E-state index contributed by atoms with van der Waals surface area (Å²) in [5.41, 5.74) is 1.49. The molecule has 2 N–H and O–H groups in total. The second-order valence-corrected chi connectivity index (χ2v) is 10.5. The zero-order valence-electron chi connectivity index (χ0n) is 21.9. The Morgan fingerprint density at radius 3 is 2.62 bits per heavy atom. The van der Waals surface area contributed by atoms with Gasteiger partial charge in [-0.1, -0.05) is 23.7 Å². The largest absolute Gasteiger partial charge is 0.350 e. The molecule has 0 spiro atoms. The van der Waals surface area contributed by atoms with Crippen molar-refractivity contribution in [1.29, 1.82) is 0 Å². The maximum Gasteiger partial charge on any atom is 0.321 e. The number of anilines is 1. The van der Waals surface area contributed by atoms with Crippen LogP contribution >= 0.6 is 11.6 Å². The summed E-state index contributed by atoms with van der Waals surface area (Å²) in [6.45, 7) is 1.01. The van der Waals surface area contributed by atoms with Crippen molar-refractivity contribution >= 4 is 52.3 Å². The van der Waals surface area contributed by atoms with Gasteiger partial charge in [-0.3, -0.25) is 19.1 Å². The first-order valence-corrected chi connectivity index (χ1v) is 13.7. The van der Waals surface area contributed by atoms with Gasteiger partial charge in [-0.25, -0.2) is 9.18 Å². The Labute approximate surface area is 235 Å². The summed E-state index contributed by atoms with van der Waals surface area (Å²) in [5, 5.41) is 10.3. The molecule has 2 aromatic carbocycles. The smallest absolute Gasteiger partial charge is 0.321 e. The molecule has 0 unspecified atom stereocenters. The highest BCUT2D eigenvalue weighted by Crippen LogP contribution is 2.28. The van der Waals surface area contributed by atoms with E-state index in [-0.39, 0.29) is 53.9 Å². The molecular weight excluding hydrogens is 539 g/mol. The van der Waals surface area contributed by atoms with Gasteiger partial charge >= 0.3 is 6.03 Å². The van der Waals surface area contributed by atoms with Crippen molar-refractivity contribution in [2.45, 2.75) is 51.2 Å². The molecule has 5 rings (SSSR count). The number of urea groups is 1. The number of nitrogens with one attached hydrogen (secondary N) is 2. The van der Waals surface area contributed by atoms with Crippen LogP contribution in [0, 0.1) is 5.82 Å². The van der Waals surface area contributed by atoms with Gasteiger partial charge in [0.25, 0.3) is 0 Å². The highest BCUT2D eigenvalue weighted by Gasteiger charge is 2.34. The number of fused-ring (bicyclic) bond motifs is 1. The molecule has 12 heteroatoms. The van der Waals surface area contributed by atoms with Gasteiger partial charge < -0.3 is 20.4 Å². The number of halogens is 2. The van der Waals surface area contributed by atoms with Crippen molar-refractivity contribution in [2.75, 3.05) is 25.0 Å². The molecule has 2 fully saturated rings. The predicted octanol–water partition coefficient (Wildman–Crippen LogP) is 3.97. The molecule has 0 bridgehead atoms. The van der Waals surface area contributed by atoms with Crippen LogP contribution < -0.4 is 10.6 Å². The van der Waals surface area contributed by atoms with E-state index in [1.54, 1.807) is 29.2 Å². The third kappa shape index (κ3) is 6.25. The Bertz CT molecular complexity index is 1450. The van der Waals surface area contributed by atoms with Gasteiger partial charge in [-0.2, -0.15) is 5.10 Å². The van der Waals surface area contributed by atoms with Crippen molar-refractivity contribution in [3.63, 3.8) is 0 Å². The number of piperidine rings is 1. The number of aromatic nitrogens is 2. The number of carbonyl (C=O) groups excluding carboxylic acids is 4. The van der Waals surface area contributed by atoms with Crippen molar-refractivity contribution in [3.05, 3.63) is 58.5 Å². The minimum atomic E-state index is -0.592. The van der Waals surface area contributed by atoms with Crippen molar-refractivity contribution in [1.82, 2.24) is 24.9 Å². The van der Waals surface area contributed by atoms with E-state index in [0.717, 1.165) is 32.1 Å². The number of likely N-dealkylation sites (tertiary alicyclic amines) is 1. The summed E-state index contributed by atoms with van der Waals surface area (Å²) in [6, 6.07) is 9.40. The SMILES string of the molecule is O=Cc1nn(CC(=O)N(CC(=O)NCc2cccc(Cl)c2F)C2CC2)c2ccc(NC(=O)N3CCCCC3)cc12. The minimum absolute atomic E-state index is 0.0285. The third-order valence-corrected chi connectivity index (χ3v) is 7.49. The van der Waals surface area contributed by atoms with Gasteiger partial charge in [0, 0.05) is 42.3 Å². The molecule has 4 amide bonds. The molecule has 1 saturated carbocycles. The highest BCUT2D eigenvalue weighted by atomic mass is 35.5. The lowest BCUT2D eigenvalue weighted by Gasteiger charge is -2.26. The number of hydrogen-bond acceptors (Lipinski definition) is 5. The first kappa shape index (κ1) is 27.6. The molecule has 1 aliphatic carbocycles. The van der Waals surface area contributed by atoms with Crippen LogP contribution in [0.3, 0.4) is 0 Å². The average molecular weight is 569 g/mol. The van der Waals surface area contributed by atoms with Crippen LogP contribution in [-0.4, -0.2) is 69.4 Å². The number of benzene rings is 2. The molecular formula is C28H30ClFN6O4. The normalized spacial score (nSPS) is 15.1. The fourth-order valence-corrected chi connectivity index (χ4v) is 5.10. The van der Waals surface area contributed by atoms with Crippen LogP contribution in [0.1, 0.15) is 48.2 Å². The zero-order chi connectivity index (χ0) is 28.2. The predicted molar refractivity (Wildman–Crippen MR) is 148 cm³/mol. The molecule has 2 heterocycles. The minimum Gasteiger partial charge on any atom is -0.350 e. The fourth-order valence-electron chi connectivity index (χ4n) is 4.90. The monoisotopic (exact) mass is 568 g/mol. The molecule has 10 nitrogen and oxygen atoms in total. The second kappa shape index (κ2) is 12.0. The number of carbonyl (C=O) groups is 4. The van der Waals surface area contributed by atoms with E-state index in [0.29, 0.717) is 36.0 Å². The van der Waals surface area contributed by atoms with Crippen LogP contribution in [-0.2, 0) is 22.7 Å². The second-order valence-electron chi connectivity index (χ2n) is 10.1. The maximum absolute atomic E-state index is 14.1. The van der Waals surface area contributed by atoms with E-state index >= 15 is 0 Å². The Balaban J connectivity index is 1.25. The van der Waals surface area contributed by atoms with Crippen LogP contribution in [0.4, 0.5) is 14.9 Å². The van der Waals surface area contributed by atoms with Gasteiger partial charge in [0.1, 0.15) is 18.1 Å². The summed E-state index contributed by atoms with van der Waals surface area (Å²) in [5.74, 6) is -1.34. The Hall–Kier alpha value is -3.99.